The molecule has 2 aliphatic carbocycles. The Balaban J connectivity index is 2.56. The van der Waals surface area contributed by atoms with Gasteiger partial charge in [0.1, 0.15) is 5.78 Å². The quantitative estimate of drug-likeness (QED) is 0.532. The lowest BCUT2D eigenvalue weighted by Gasteiger charge is -2.35. The molecule has 68 valence electrons. The Labute approximate surface area is 78.5 Å². The molecule has 2 rings (SSSR count). The van der Waals surface area contributed by atoms with Crippen LogP contribution in [0.1, 0.15) is 40.0 Å². The summed E-state index contributed by atoms with van der Waals surface area (Å²) in [5, 5.41) is 0. The van der Waals surface area contributed by atoms with Crippen molar-refractivity contribution in [3.63, 3.8) is 0 Å². The molecule has 1 nitrogen and oxygen atoms in total. The van der Waals surface area contributed by atoms with Gasteiger partial charge < -0.3 is 0 Å². The largest absolute Gasteiger partial charge is 0.299 e. The van der Waals surface area contributed by atoms with E-state index in [0.717, 1.165) is 12.8 Å². The third kappa shape index (κ3) is 0.618. The fourth-order valence-corrected chi connectivity index (χ4v) is 3.24. The number of Topliss-reactive ketones (excluding diaryl/α,β-unsaturated/α-hetero) is 1. The topological polar surface area (TPSA) is 17.1 Å². The second kappa shape index (κ2) is 1.89. The number of hydrogen-bond acceptors (Lipinski definition) is 1. The van der Waals surface area contributed by atoms with Crippen molar-refractivity contribution in [2.24, 2.45) is 10.8 Å². The molecular formula is C10H15ClO. The molecule has 12 heavy (non-hydrogen) atoms. The van der Waals surface area contributed by atoms with Gasteiger partial charge >= 0.3 is 0 Å². The Morgan fingerprint density at radius 3 is 2.00 bits per heavy atom. The summed E-state index contributed by atoms with van der Waals surface area (Å²) in [6, 6.07) is 0. The van der Waals surface area contributed by atoms with Crippen LogP contribution in [0.4, 0.5) is 0 Å². The van der Waals surface area contributed by atoms with E-state index >= 15 is 0 Å². The molecule has 0 aliphatic heterocycles. The molecule has 0 spiro atoms. The average Bonchev–Trinajstić information content (AvgIpc) is 2.18. The second-order valence-electron chi connectivity index (χ2n) is 5.02. The third-order valence-corrected chi connectivity index (χ3v) is 5.37. The fraction of sp³-hybridized carbons (Fsp3) is 0.900. The van der Waals surface area contributed by atoms with E-state index < -0.39 is 0 Å². The van der Waals surface area contributed by atoms with E-state index in [0.29, 0.717) is 12.2 Å². The summed E-state index contributed by atoms with van der Waals surface area (Å²) in [6.07, 6.45) is 2.56. The first-order valence-corrected chi connectivity index (χ1v) is 4.94. The van der Waals surface area contributed by atoms with Crippen molar-refractivity contribution in [2.45, 2.75) is 44.9 Å². The minimum absolute atomic E-state index is 0.0152. The van der Waals surface area contributed by atoms with Crippen LogP contribution in [-0.2, 0) is 4.79 Å². The van der Waals surface area contributed by atoms with Crippen molar-refractivity contribution in [1.82, 2.24) is 0 Å². The van der Waals surface area contributed by atoms with Gasteiger partial charge in [-0.3, -0.25) is 4.79 Å². The van der Waals surface area contributed by atoms with Crippen LogP contribution < -0.4 is 0 Å². The van der Waals surface area contributed by atoms with Gasteiger partial charge in [0.2, 0.25) is 0 Å². The van der Waals surface area contributed by atoms with E-state index in [4.69, 9.17) is 11.6 Å². The molecule has 0 aromatic rings. The Morgan fingerprint density at radius 1 is 1.25 bits per heavy atom. The monoisotopic (exact) mass is 186 g/mol. The number of hydrogen-bond donors (Lipinski definition) is 0. The summed E-state index contributed by atoms with van der Waals surface area (Å²) < 4.78 is 0. The smallest absolute Gasteiger partial charge is 0.141 e. The maximum atomic E-state index is 11.7. The summed E-state index contributed by atoms with van der Waals surface area (Å²) in [6.45, 7) is 6.35. The zero-order valence-electron chi connectivity index (χ0n) is 7.91. The molecule has 2 unspecified atom stereocenters. The maximum absolute atomic E-state index is 11.7. The minimum Gasteiger partial charge on any atom is -0.299 e. The molecule has 2 saturated carbocycles. The lowest BCUT2D eigenvalue weighted by molar-refractivity contribution is -0.128. The highest BCUT2D eigenvalue weighted by atomic mass is 35.5. The minimum atomic E-state index is -0.237. The van der Waals surface area contributed by atoms with Crippen LogP contribution >= 0.6 is 11.6 Å². The molecule has 2 atom stereocenters. The highest BCUT2D eigenvalue weighted by Gasteiger charge is 2.69. The van der Waals surface area contributed by atoms with Crippen molar-refractivity contribution in [3.8, 4) is 0 Å². The molecule has 2 aliphatic rings. The van der Waals surface area contributed by atoms with Crippen molar-refractivity contribution in [1.29, 1.82) is 0 Å². The lowest BCUT2D eigenvalue weighted by Crippen LogP contribution is -2.36. The van der Waals surface area contributed by atoms with Crippen LogP contribution in [0.25, 0.3) is 0 Å². The SMILES string of the molecule is CC12CCC(Cl)(CC1=O)C2(C)C. The molecule has 0 saturated heterocycles. The van der Waals surface area contributed by atoms with E-state index in [2.05, 4.69) is 20.8 Å². The predicted molar refractivity (Wildman–Crippen MR) is 49.3 cm³/mol. The second-order valence-corrected chi connectivity index (χ2v) is 5.75. The summed E-state index contributed by atoms with van der Waals surface area (Å²) in [4.78, 5) is 11.5. The molecule has 0 radical (unpaired) electrons. The summed E-state index contributed by atoms with van der Waals surface area (Å²) in [5.74, 6) is 0.369. The van der Waals surface area contributed by atoms with Gasteiger partial charge in [-0.1, -0.05) is 20.8 Å². The molecular weight excluding hydrogens is 172 g/mol. The number of rotatable bonds is 0. The van der Waals surface area contributed by atoms with Crippen LogP contribution in [0.5, 0.6) is 0 Å². The molecule has 2 bridgehead atoms. The van der Waals surface area contributed by atoms with Crippen molar-refractivity contribution in [3.05, 3.63) is 0 Å². The molecule has 0 aromatic heterocycles. The summed E-state index contributed by atoms with van der Waals surface area (Å²) in [5.41, 5.74) is -0.159. The number of carbonyl (C=O) groups excluding carboxylic acids is 1. The fourth-order valence-electron chi connectivity index (χ4n) is 2.81. The Hall–Kier alpha value is -0.0400. The standard InChI is InChI=1S/C10H15ClO/c1-8(2)9(3)4-5-10(8,11)6-7(9)12/h4-6H2,1-3H3. The van der Waals surface area contributed by atoms with Gasteiger partial charge in [0.25, 0.3) is 0 Å². The van der Waals surface area contributed by atoms with Crippen LogP contribution in [-0.4, -0.2) is 10.7 Å². The maximum Gasteiger partial charge on any atom is 0.141 e. The Kier molecular flexibility index (Phi) is 1.35. The van der Waals surface area contributed by atoms with Crippen molar-refractivity contribution >= 4 is 17.4 Å². The van der Waals surface area contributed by atoms with Gasteiger partial charge in [0, 0.05) is 11.8 Å². The Morgan fingerprint density at radius 2 is 1.83 bits per heavy atom. The van der Waals surface area contributed by atoms with Gasteiger partial charge in [0.05, 0.1) is 4.87 Å². The van der Waals surface area contributed by atoms with Crippen LogP contribution in [0, 0.1) is 10.8 Å². The van der Waals surface area contributed by atoms with Crippen LogP contribution in [0.3, 0.4) is 0 Å². The lowest BCUT2D eigenvalue weighted by atomic mass is 9.70. The van der Waals surface area contributed by atoms with Crippen molar-refractivity contribution in [2.75, 3.05) is 0 Å². The van der Waals surface area contributed by atoms with Gasteiger partial charge in [0.15, 0.2) is 0 Å². The number of halogens is 1. The molecule has 0 N–H and O–H groups in total. The van der Waals surface area contributed by atoms with Crippen LogP contribution in [0.2, 0.25) is 0 Å². The highest BCUT2D eigenvalue weighted by Crippen LogP contribution is 2.68. The number of alkyl halides is 1. The van der Waals surface area contributed by atoms with Gasteiger partial charge in [-0.15, -0.1) is 11.6 Å². The zero-order valence-corrected chi connectivity index (χ0v) is 8.66. The number of fused-ring (bicyclic) bond motifs is 2. The first-order chi connectivity index (χ1) is 5.33. The first-order valence-electron chi connectivity index (χ1n) is 4.56. The van der Waals surface area contributed by atoms with E-state index in [1.807, 2.05) is 0 Å². The molecule has 0 amide bonds. The highest BCUT2D eigenvalue weighted by molar-refractivity contribution is 6.28. The van der Waals surface area contributed by atoms with E-state index in [9.17, 15) is 4.79 Å². The Bertz CT molecular complexity index is 259. The molecule has 0 aromatic carbocycles. The van der Waals surface area contributed by atoms with E-state index in [1.165, 1.54) is 0 Å². The number of carbonyl (C=O) groups is 1. The number of ketones is 1. The van der Waals surface area contributed by atoms with Gasteiger partial charge in [-0.2, -0.15) is 0 Å². The predicted octanol–water partition coefficient (Wildman–Crippen LogP) is 2.76. The normalized spacial score (nSPS) is 50.2. The van der Waals surface area contributed by atoms with E-state index in [-0.39, 0.29) is 15.7 Å². The average molecular weight is 187 g/mol. The first kappa shape index (κ1) is 8.55. The molecule has 2 heteroatoms. The zero-order chi connectivity index (χ0) is 9.20. The summed E-state index contributed by atoms with van der Waals surface area (Å²) in [7, 11) is 0. The van der Waals surface area contributed by atoms with Crippen LogP contribution in [0.15, 0.2) is 0 Å². The van der Waals surface area contributed by atoms with Gasteiger partial charge in [-0.05, 0) is 18.3 Å². The third-order valence-electron chi connectivity index (χ3n) is 4.58. The summed E-state index contributed by atoms with van der Waals surface area (Å²) >= 11 is 6.45. The van der Waals surface area contributed by atoms with Gasteiger partial charge in [-0.25, -0.2) is 0 Å². The molecule has 0 heterocycles. The van der Waals surface area contributed by atoms with Crippen molar-refractivity contribution < 1.29 is 4.79 Å². The van der Waals surface area contributed by atoms with E-state index in [1.54, 1.807) is 0 Å². The molecule has 2 fully saturated rings.